The number of nitrogens with one attached hydrogen (secondary N) is 1. The van der Waals surface area contributed by atoms with E-state index in [1.807, 2.05) is 46.8 Å². The summed E-state index contributed by atoms with van der Waals surface area (Å²) >= 11 is 1.59. The molecule has 2 aromatic rings. The van der Waals surface area contributed by atoms with Crippen molar-refractivity contribution >= 4 is 34.5 Å². The van der Waals surface area contributed by atoms with Gasteiger partial charge in [-0.25, -0.2) is 0 Å². The molecule has 1 aromatic heterocycles. The summed E-state index contributed by atoms with van der Waals surface area (Å²) in [7, 11) is 0. The predicted molar refractivity (Wildman–Crippen MR) is 94.0 cm³/mol. The maximum absolute atomic E-state index is 12.1. The van der Waals surface area contributed by atoms with Gasteiger partial charge in [-0.2, -0.15) is 11.3 Å². The normalized spacial score (nSPS) is 14.8. The van der Waals surface area contributed by atoms with E-state index in [0.717, 1.165) is 41.9 Å². The molecule has 0 atom stereocenters. The molecule has 1 aromatic carbocycles. The first-order valence-corrected chi connectivity index (χ1v) is 8.80. The third kappa shape index (κ3) is 3.79. The first kappa shape index (κ1) is 15.7. The lowest BCUT2D eigenvalue weighted by Gasteiger charge is -2.28. The third-order valence-electron chi connectivity index (χ3n) is 4.05. The van der Waals surface area contributed by atoms with Gasteiger partial charge in [-0.3, -0.25) is 9.59 Å². The zero-order chi connectivity index (χ0) is 16.2. The van der Waals surface area contributed by atoms with Crippen LogP contribution in [0.5, 0.6) is 0 Å². The molecule has 5 heteroatoms. The highest BCUT2D eigenvalue weighted by molar-refractivity contribution is 7.08. The minimum Gasteiger partial charge on any atom is -0.326 e. The maximum Gasteiger partial charge on any atom is 0.228 e. The number of hydrogen-bond donors (Lipinski definition) is 1. The number of aryl methyl sites for hydroxylation is 1. The van der Waals surface area contributed by atoms with Crippen molar-refractivity contribution in [3.05, 3.63) is 46.2 Å². The summed E-state index contributed by atoms with van der Waals surface area (Å²) in [4.78, 5) is 26.1. The van der Waals surface area contributed by atoms with Crippen LogP contribution in [-0.2, 0) is 16.0 Å². The molecule has 4 nitrogen and oxygen atoms in total. The van der Waals surface area contributed by atoms with Gasteiger partial charge in [-0.05, 0) is 59.9 Å². The highest BCUT2D eigenvalue weighted by atomic mass is 32.1. The second-order valence-corrected chi connectivity index (χ2v) is 6.64. The van der Waals surface area contributed by atoms with Crippen LogP contribution in [0.1, 0.15) is 30.4 Å². The molecule has 23 heavy (non-hydrogen) atoms. The van der Waals surface area contributed by atoms with E-state index in [0.29, 0.717) is 12.8 Å². The van der Waals surface area contributed by atoms with Gasteiger partial charge in [0.05, 0.1) is 6.42 Å². The monoisotopic (exact) mass is 328 g/mol. The van der Waals surface area contributed by atoms with Crippen LogP contribution < -0.4 is 10.2 Å². The molecule has 1 saturated heterocycles. The Balaban J connectivity index is 1.74. The smallest absolute Gasteiger partial charge is 0.228 e. The number of piperidine rings is 1. The quantitative estimate of drug-likeness (QED) is 0.929. The summed E-state index contributed by atoms with van der Waals surface area (Å²) < 4.78 is 0. The summed E-state index contributed by atoms with van der Waals surface area (Å²) in [6.07, 6.45) is 2.97. The van der Waals surface area contributed by atoms with Crippen molar-refractivity contribution in [1.29, 1.82) is 0 Å². The zero-order valence-corrected chi connectivity index (χ0v) is 14.0. The van der Waals surface area contributed by atoms with Gasteiger partial charge in [0.2, 0.25) is 11.8 Å². The number of anilines is 2. The number of hydrogen-bond acceptors (Lipinski definition) is 3. The maximum atomic E-state index is 12.1. The molecule has 2 amide bonds. The number of carbonyl (C=O) groups excluding carboxylic acids is 2. The molecule has 1 fully saturated rings. The van der Waals surface area contributed by atoms with E-state index in [1.54, 1.807) is 11.3 Å². The van der Waals surface area contributed by atoms with Gasteiger partial charge in [0, 0.05) is 24.3 Å². The number of thiophene rings is 1. The molecule has 0 aliphatic carbocycles. The van der Waals surface area contributed by atoms with Crippen molar-refractivity contribution in [3.8, 4) is 0 Å². The highest BCUT2D eigenvalue weighted by Crippen LogP contribution is 2.27. The van der Waals surface area contributed by atoms with Crippen molar-refractivity contribution in [1.82, 2.24) is 0 Å². The number of nitrogens with zero attached hydrogens (tertiary/aromatic N) is 1. The molecule has 0 bridgehead atoms. The Morgan fingerprint density at radius 1 is 1.30 bits per heavy atom. The van der Waals surface area contributed by atoms with E-state index in [9.17, 15) is 9.59 Å². The number of carbonyl (C=O) groups is 2. The third-order valence-corrected chi connectivity index (χ3v) is 4.78. The molecule has 1 N–H and O–H groups in total. The Kier molecular flexibility index (Phi) is 4.76. The Morgan fingerprint density at radius 2 is 2.17 bits per heavy atom. The molecular weight excluding hydrogens is 308 g/mol. The second-order valence-electron chi connectivity index (χ2n) is 5.86. The summed E-state index contributed by atoms with van der Waals surface area (Å²) in [6, 6.07) is 7.71. The number of benzene rings is 1. The molecule has 0 unspecified atom stereocenters. The van der Waals surface area contributed by atoms with E-state index >= 15 is 0 Å². The average molecular weight is 328 g/mol. The highest BCUT2D eigenvalue weighted by Gasteiger charge is 2.21. The van der Waals surface area contributed by atoms with E-state index < -0.39 is 0 Å². The van der Waals surface area contributed by atoms with Gasteiger partial charge < -0.3 is 10.2 Å². The fraction of sp³-hybridized carbons (Fsp3) is 0.333. The molecular formula is C18H20N2O2S. The van der Waals surface area contributed by atoms with E-state index in [1.165, 1.54) is 0 Å². The summed E-state index contributed by atoms with van der Waals surface area (Å²) in [5, 5.41) is 6.88. The van der Waals surface area contributed by atoms with Crippen LogP contribution in [0.25, 0.3) is 0 Å². The van der Waals surface area contributed by atoms with Crippen LogP contribution in [0.2, 0.25) is 0 Å². The molecule has 120 valence electrons. The van der Waals surface area contributed by atoms with Gasteiger partial charge in [0.15, 0.2) is 0 Å². The molecule has 3 rings (SSSR count). The minimum atomic E-state index is -0.0387. The number of amides is 2. The first-order chi connectivity index (χ1) is 11.1. The Labute approximate surface area is 140 Å². The zero-order valence-electron chi connectivity index (χ0n) is 13.2. The summed E-state index contributed by atoms with van der Waals surface area (Å²) in [5.74, 6) is 0.129. The average Bonchev–Trinajstić information content (AvgIpc) is 3.03. The summed E-state index contributed by atoms with van der Waals surface area (Å²) in [5.41, 5.74) is 3.72. The van der Waals surface area contributed by atoms with E-state index in [4.69, 9.17) is 0 Å². The second kappa shape index (κ2) is 6.96. The molecule has 0 spiro atoms. The SMILES string of the molecule is Cc1ccc(NC(=O)Cc2ccsc2)cc1N1CCCCC1=O. The fourth-order valence-electron chi connectivity index (χ4n) is 2.82. The van der Waals surface area contributed by atoms with Crippen molar-refractivity contribution in [3.63, 3.8) is 0 Å². The molecule has 1 aliphatic rings. The largest absolute Gasteiger partial charge is 0.326 e. The Bertz CT molecular complexity index is 710. The predicted octanol–water partition coefficient (Wildman–Crippen LogP) is 3.75. The van der Waals surface area contributed by atoms with Crippen LogP contribution in [0.3, 0.4) is 0 Å². The standard InChI is InChI=1S/C18H20N2O2S/c1-13-5-6-15(19-17(21)10-14-7-9-23-12-14)11-16(13)20-8-3-2-4-18(20)22/h5-7,9,11-12H,2-4,8,10H2,1H3,(H,19,21). The van der Waals surface area contributed by atoms with Gasteiger partial charge in [0.1, 0.15) is 0 Å². The van der Waals surface area contributed by atoms with Crippen molar-refractivity contribution in [2.75, 3.05) is 16.8 Å². The lowest BCUT2D eigenvalue weighted by molar-refractivity contribution is -0.119. The fourth-order valence-corrected chi connectivity index (χ4v) is 3.49. The lowest BCUT2D eigenvalue weighted by atomic mass is 10.1. The van der Waals surface area contributed by atoms with Crippen LogP contribution in [0.15, 0.2) is 35.0 Å². The van der Waals surface area contributed by atoms with Gasteiger partial charge in [0.25, 0.3) is 0 Å². The van der Waals surface area contributed by atoms with Crippen LogP contribution in [0.4, 0.5) is 11.4 Å². The van der Waals surface area contributed by atoms with Crippen LogP contribution in [0, 0.1) is 6.92 Å². The van der Waals surface area contributed by atoms with E-state index in [-0.39, 0.29) is 11.8 Å². The number of rotatable bonds is 4. The van der Waals surface area contributed by atoms with Gasteiger partial charge in [-0.15, -0.1) is 0 Å². The van der Waals surface area contributed by atoms with Crippen LogP contribution >= 0.6 is 11.3 Å². The minimum absolute atomic E-state index is 0.0387. The lowest BCUT2D eigenvalue weighted by Crippen LogP contribution is -2.35. The van der Waals surface area contributed by atoms with Crippen LogP contribution in [-0.4, -0.2) is 18.4 Å². The molecule has 0 saturated carbocycles. The van der Waals surface area contributed by atoms with Crippen molar-refractivity contribution in [2.24, 2.45) is 0 Å². The van der Waals surface area contributed by atoms with E-state index in [2.05, 4.69) is 5.32 Å². The van der Waals surface area contributed by atoms with Gasteiger partial charge in [-0.1, -0.05) is 6.07 Å². The van der Waals surface area contributed by atoms with Crippen molar-refractivity contribution < 1.29 is 9.59 Å². The molecule has 2 heterocycles. The van der Waals surface area contributed by atoms with Gasteiger partial charge >= 0.3 is 0 Å². The first-order valence-electron chi connectivity index (χ1n) is 7.85. The summed E-state index contributed by atoms with van der Waals surface area (Å²) in [6.45, 7) is 2.75. The Hall–Kier alpha value is -2.14. The molecule has 0 radical (unpaired) electrons. The molecule has 1 aliphatic heterocycles. The topological polar surface area (TPSA) is 49.4 Å². The van der Waals surface area contributed by atoms with Crippen molar-refractivity contribution in [2.45, 2.75) is 32.6 Å². The Morgan fingerprint density at radius 3 is 2.91 bits per heavy atom.